The van der Waals surface area contributed by atoms with Crippen molar-refractivity contribution in [3.8, 4) is 17.0 Å². The van der Waals surface area contributed by atoms with Crippen LogP contribution in [0.4, 0.5) is 13.2 Å². The van der Waals surface area contributed by atoms with Gasteiger partial charge in [0.2, 0.25) is 0 Å². The fourth-order valence-corrected chi connectivity index (χ4v) is 4.26. The van der Waals surface area contributed by atoms with Gasteiger partial charge in [-0.3, -0.25) is 0 Å². The molecule has 0 aliphatic carbocycles. The first kappa shape index (κ1) is 27.5. The van der Waals surface area contributed by atoms with Gasteiger partial charge < -0.3 is 34.6 Å². The minimum atomic E-state index is -1.76. The molecule has 6 atom stereocenters. The van der Waals surface area contributed by atoms with E-state index in [-0.39, 0.29) is 17.9 Å². The summed E-state index contributed by atoms with van der Waals surface area (Å²) in [7, 11) is 1.43. The Kier molecular flexibility index (Phi) is 8.28. The summed E-state index contributed by atoms with van der Waals surface area (Å²) in [4.78, 5) is 12.1. The van der Waals surface area contributed by atoms with E-state index in [4.69, 9.17) is 14.2 Å². The second kappa shape index (κ2) is 11.4. The molecule has 3 aromatic rings. The fraction of sp³-hybridized carbons (Fsp3) is 0.375. The van der Waals surface area contributed by atoms with Crippen molar-refractivity contribution in [3.05, 3.63) is 65.6 Å². The molecular formula is C24H24F3N3O8. The summed E-state index contributed by atoms with van der Waals surface area (Å²) in [6, 6.07) is 6.66. The smallest absolute Gasteiger partial charge is 0.335 e. The van der Waals surface area contributed by atoms with Crippen LogP contribution in [0.25, 0.3) is 11.3 Å². The van der Waals surface area contributed by atoms with Gasteiger partial charge in [-0.05, 0) is 18.2 Å². The van der Waals surface area contributed by atoms with E-state index in [9.17, 15) is 38.4 Å². The highest BCUT2D eigenvalue weighted by Gasteiger charge is 2.50. The fourth-order valence-electron chi connectivity index (χ4n) is 4.26. The molecule has 1 aromatic heterocycles. The molecule has 0 saturated carbocycles. The topological polar surface area (TPSA) is 156 Å². The lowest BCUT2D eigenvalue weighted by atomic mass is 9.90. The van der Waals surface area contributed by atoms with Crippen LogP contribution < -0.4 is 4.74 Å². The Bertz CT molecular complexity index is 1270. The molecule has 0 radical (unpaired) electrons. The molecule has 0 bridgehead atoms. The number of aromatic nitrogens is 3. The predicted octanol–water partition coefficient (Wildman–Crippen LogP) is 1.06. The van der Waals surface area contributed by atoms with E-state index in [2.05, 4.69) is 10.3 Å². The lowest BCUT2D eigenvalue weighted by Crippen LogP contribution is -2.60. The molecule has 1 fully saturated rings. The number of hydrogen-bond donors (Lipinski definition) is 4. The number of carboxylic acid groups (broad SMARTS) is 1. The van der Waals surface area contributed by atoms with E-state index in [0.717, 1.165) is 10.9 Å². The van der Waals surface area contributed by atoms with Crippen LogP contribution >= 0.6 is 0 Å². The molecule has 2 heterocycles. The molecule has 3 unspecified atom stereocenters. The van der Waals surface area contributed by atoms with Gasteiger partial charge in [0.15, 0.2) is 23.6 Å². The van der Waals surface area contributed by atoms with Crippen molar-refractivity contribution in [2.24, 2.45) is 0 Å². The van der Waals surface area contributed by atoms with Gasteiger partial charge in [0, 0.05) is 11.1 Å². The zero-order valence-electron chi connectivity index (χ0n) is 19.8. The van der Waals surface area contributed by atoms with Gasteiger partial charge in [-0.2, -0.15) is 0 Å². The van der Waals surface area contributed by atoms with Crippen molar-refractivity contribution in [3.63, 3.8) is 0 Å². The van der Waals surface area contributed by atoms with E-state index >= 15 is 0 Å². The molecule has 4 N–H and O–H groups in total. The monoisotopic (exact) mass is 539 g/mol. The number of aliphatic hydroxyl groups excluding tert-OH is 3. The number of benzene rings is 2. The summed E-state index contributed by atoms with van der Waals surface area (Å²) >= 11 is 0. The summed E-state index contributed by atoms with van der Waals surface area (Å²) < 4.78 is 58.0. The number of nitrogens with zero attached hydrogens (tertiary/aromatic N) is 3. The molecule has 0 amide bonds. The molecule has 1 aliphatic heterocycles. The Morgan fingerprint density at radius 2 is 1.84 bits per heavy atom. The summed E-state index contributed by atoms with van der Waals surface area (Å²) in [5.74, 6) is -5.65. The third-order valence-electron chi connectivity index (χ3n) is 6.18. The summed E-state index contributed by atoms with van der Waals surface area (Å²) in [5.41, 5.74) is 0.206. The average molecular weight is 539 g/mol. The average Bonchev–Trinajstić information content (AvgIpc) is 3.38. The van der Waals surface area contributed by atoms with Crippen LogP contribution in [0.15, 0.2) is 42.6 Å². The predicted molar refractivity (Wildman–Crippen MR) is 121 cm³/mol. The van der Waals surface area contributed by atoms with Gasteiger partial charge in [-0.1, -0.05) is 23.4 Å². The molecule has 4 rings (SSSR count). The second-order valence-electron chi connectivity index (χ2n) is 8.51. The van der Waals surface area contributed by atoms with Gasteiger partial charge in [-0.25, -0.2) is 22.6 Å². The molecular weight excluding hydrogens is 515 g/mol. The first-order valence-electron chi connectivity index (χ1n) is 11.3. The highest BCUT2D eigenvalue weighted by atomic mass is 19.2. The quantitative estimate of drug-likeness (QED) is 0.290. The number of carbonyl (C=O) groups is 1. The number of halogens is 3. The third kappa shape index (κ3) is 5.35. The van der Waals surface area contributed by atoms with E-state index < -0.39 is 66.6 Å². The van der Waals surface area contributed by atoms with E-state index in [1.807, 2.05) is 0 Å². The van der Waals surface area contributed by atoms with Crippen LogP contribution in [-0.4, -0.2) is 85.6 Å². The molecule has 204 valence electrons. The number of aliphatic carboxylic acids is 1. The van der Waals surface area contributed by atoms with Crippen molar-refractivity contribution in [2.45, 2.75) is 43.2 Å². The number of para-hydroxylation sites is 1. The van der Waals surface area contributed by atoms with Crippen molar-refractivity contribution >= 4 is 5.97 Å². The number of hydrogen-bond acceptors (Lipinski definition) is 9. The molecule has 11 nitrogen and oxygen atoms in total. The number of aliphatic hydroxyl groups is 3. The van der Waals surface area contributed by atoms with Gasteiger partial charge in [-0.15, -0.1) is 5.10 Å². The number of ether oxygens (including phenoxy) is 3. The maximum Gasteiger partial charge on any atom is 0.335 e. The van der Waals surface area contributed by atoms with E-state index in [0.29, 0.717) is 23.4 Å². The zero-order chi connectivity index (χ0) is 27.6. The Morgan fingerprint density at radius 3 is 2.47 bits per heavy atom. The Hall–Kier alpha value is -3.56. The van der Waals surface area contributed by atoms with Crippen LogP contribution in [0.3, 0.4) is 0 Å². The molecule has 0 spiro atoms. The maximum atomic E-state index is 13.7. The maximum absolute atomic E-state index is 13.7. The van der Waals surface area contributed by atoms with Gasteiger partial charge in [0.25, 0.3) is 0 Å². The number of methoxy groups -OCH3 is 1. The number of carboxylic acids is 1. The molecule has 1 aliphatic rings. The van der Waals surface area contributed by atoms with Crippen molar-refractivity contribution in [1.82, 2.24) is 15.0 Å². The van der Waals surface area contributed by atoms with Gasteiger partial charge in [0.1, 0.15) is 41.9 Å². The van der Waals surface area contributed by atoms with Crippen LogP contribution in [-0.2, 0) is 20.9 Å². The molecule has 2 aromatic carbocycles. The Balaban J connectivity index is 1.62. The first-order valence-corrected chi connectivity index (χ1v) is 11.3. The molecule has 14 heteroatoms. The third-order valence-corrected chi connectivity index (χ3v) is 6.18. The normalized spacial score (nSPS) is 24.2. The highest BCUT2D eigenvalue weighted by Crippen LogP contribution is 2.34. The lowest BCUT2D eigenvalue weighted by molar-refractivity contribution is -0.238. The van der Waals surface area contributed by atoms with Crippen LogP contribution in [0.2, 0.25) is 0 Å². The number of rotatable bonds is 9. The minimum absolute atomic E-state index is 0.131. The largest absolute Gasteiger partial charge is 0.496 e. The van der Waals surface area contributed by atoms with E-state index in [1.165, 1.54) is 7.11 Å². The van der Waals surface area contributed by atoms with Crippen LogP contribution in [0, 0.1) is 17.5 Å². The van der Waals surface area contributed by atoms with Gasteiger partial charge in [0.05, 0.1) is 26.5 Å². The highest BCUT2D eigenvalue weighted by molar-refractivity contribution is 5.73. The minimum Gasteiger partial charge on any atom is -0.496 e. The molecule has 1 saturated heterocycles. The van der Waals surface area contributed by atoms with Crippen molar-refractivity contribution < 1.29 is 52.6 Å². The van der Waals surface area contributed by atoms with Gasteiger partial charge >= 0.3 is 5.97 Å². The zero-order valence-corrected chi connectivity index (χ0v) is 19.8. The SMILES string of the molecule is COc1ccccc1CO[C@H](C(=O)O)[C@@H]1OC(CO)[C@H](O)C(n2cc(-c3cc(F)c(F)c(F)c3)nn2)C1O. The summed E-state index contributed by atoms with van der Waals surface area (Å²) in [5, 5.41) is 49.0. The van der Waals surface area contributed by atoms with Crippen molar-refractivity contribution in [2.75, 3.05) is 13.7 Å². The standard InChI is InChI=1S/C24H24F3N3O8/c1-36-16-5-3-2-4-11(16)10-37-23(24(34)35)22-21(33)19(20(32)17(9-31)38-22)30-8-15(28-29-30)12-6-13(25)18(27)14(26)7-12/h2-8,17,19-23,31-33H,9-10H2,1H3,(H,34,35)/t17?,19?,20-,21?,22+,23-/m0/s1. The van der Waals surface area contributed by atoms with Crippen molar-refractivity contribution in [1.29, 1.82) is 0 Å². The Labute approximate surface area is 213 Å². The van der Waals surface area contributed by atoms with Crippen LogP contribution in [0.1, 0.15) is 11.6 Å². The summed E-state index contributed by atoms with van der Waals surface area (Å²) in [6.45, 7) is -0.991. The lowest BCUT2D eigenvalue weighted by Gasteiger charge is -2.43. The second-order valence-corrected chi connectivity index (χ2v) is 8.51. The van der Waals surface area contributed by atoms with Crippen LogP contribution in [0.5, 0.6) is 5.75 Å². The summed E-state index contributed by atoms with van der Waals surface area (Å²) in [6.07, 6.45) is -6.97. The first-order chi connectivity index (χ1) is 18.2. The van der Waals surface area contributed by atoms with E-state index in [1.54, 1.807) is 24.3 Å². The Morgan fingerprint density at radius 1 is 1.16 bits per heavy atom. The molecule has 38 heavy (non-hydrogen) atoms.